The Kier molecular flexibility index (Phi) is 7.46. The molecular weight excluding hydrogens is 356 g/mol. The predicted molar refractivity (Wildman–Crippen MR) is 110 cm³/mol. The van der Waals surface area contributed by atoms with Gasteiger partial charge in [-0.25, -0.2) is 9.59 Å². The molecule has 2 aromatic rings. The Hall–Kier alpha value is -3.46. The molecular formula is C22H24N2O4. The van der Waals surface area contributed by atoms with Crippen LogP contribution >= 0.6 is 0 Å². The maximum absolute atomic E-state index is 12.8. The number of carbonyl (C=O) groups is 2. The number of nitrogens with zero attached hydrogens (tertiary/aromatic N) is 1. The first-order valence-electron chi connectivity index (χ1n) is 8.92. The molecule has 0 saturated heterocycles. The van der Waals surface area contributed by atoms with Crippen LogP contribution in [-0.2, 0) is 4.74 Å². The first-order valence-corrected chi connectivity index (χ1v) is 8.92. The fraction of sp³-hybridized carbons (Fsp3) is 0.273. The number of aryl methyl sites for hydroxylation is 1. The number of anilines is 2. The van der Waals surface area contributed by atoms with Crippen LogP contribution in [0.2, 0.25) is 0 Å². The van der Waals surface area contributed by atoms with Crippen molar-refractivity contribution in [3.63, 3.8) is 0 Å². The lowest BCUT2D eigenvalue weighted by Crippen LogP contribution is -2.36. The summed E-state index contributed by atoms with van der Waals surface area (Å²) >= 11 is 0. The van der Waals surface area contributed by atoms with E-state index < -0.39 is 12.2 Å². The molecule has 0 spiro atoms. The zero-order valence-corrected chi connectivity index (χ0v) is 16.3. The van der Waals surface area contributed by atoms with Crippen LogP contribution in [0.3, 0.4) is 0 Å². The van der Waals surface area contributed by atoms with Gasteiger partial charge in [-0.15, -0.1) is 6.42 Å². The number of nitrogens with one attached hydrogen (secondary N) is 1. The van der Waals surface area contributed by atoms with E-state index in [-0.39, 0.29) is 12.5 Å². The lowest BCUT2D eigenvalue weighted by Gasteiger charge is -2.24. The first kappa shape index (κ1) is 20.8. The van der Waals surface area contributed by atoms with E-state index in [0.717, 1.165) is 11.3 Å². The minimum absolute atomic E-state index is 0.124. The van der Waals surface area contributed by atoms with Gasteiger partial charge in [0.05, 0.1) is 0 Å². The van der Waals surface area contributed by atoms with Gasteiger partial charge in [0.15, 0.2) is 6.61 Å². The van der Waals surface area contributed by atoms with Crippen LogP contribution in [0.5, 0.6) is 5.75 Å². The summed E-state index contributed by atoms with van der Waals surface area (Å²) < 4.78 is 10.3. The zero-order chi connectivity index (χ0) is 20.5. The van der Waals surface area contributed by atoms with Crippen molar-refractivity contribution in [2.75, 3.05) is 23.4 Å². The molecule has 0 saturated carbocycles. The number of terminal acetylenes is 1. The Labute approximate surface area is 165 Å². The van der Waals surface area contributed by atoms with Gasteiger partial charge in [-0.05, 0) is 42.7 Å². The number of hydrogen-bond acceptors (Lipinski definition) is 4. The fourth-order valence-electron chi connectivity index (χ4n) is 2.50. The van der Waals surface area contributed by atoms with Gasteiger partial charge >= 0.3 is 12.2 Å². The minimum Gasteiger partial charge on any atom is -0.436 e. The number of ether oxygens (including phenoxy) is 2. The molecule has 0 aliphatic rings. The van der Waals surface area contributed by atoms with Crippen LogP contribution in [0, 0.1) is 25.2 Å². The normalized spacial score (nSPS) is 10.1. The molecule has 28 heavy (non-hydrogen) atoms. The van der Waals surface area contributed by atoms with Crippen molar-refractivity contribution in [3.05, 3.63) is 54.1 Å². The van der Waals surface area contributed by atoms with E-state index in [2.05, 4.69) is 11.2 Å². The van der Waals surface area contributed by atoms with Gasteiger partial charge in [0.2, 0.25) is 0 Å². The molecule has 6 nitrogen and oxygen atoms in total. The summed E-state index contributed by atoms with van der Waals surface area (Å²) in [5.74, 6) is 2.77. The molecule has 0 aromatic heterocycles. The third kappa shape index (κ3) is 6.36. The lowest BCUT2D eigenvalue weighted by atomic mass is 10.1. The van der Waals surface area contributed by atoms with Gasteiger partial charge in [-0.3, -0.25) is 10.2 Å². The average Bonchev–Trinajstić information content (AvgIpc) is 2.64. The number of amides is 2. The van der Waals surface area contributed by atoms with Crippen LogP contribution in [0.4, 0.5) is 21.0 Å². The van der Waals surface area contributed by atoms with Gasteiger partial charge in [0, 0.05) is 24.0 Å². The Morgan fingerprint density at radius 2 is 1.93 bits per heavy atom. The number of benzene rings is 2. The maximum atomic E-state index is 12.8. The molecule has 0 atom stereocenters. The summed E-state index contributed by atoms with van der Waals surface area (Å²) in [6.07, 6.45) is 3.88. The molecule has 146 valence electrons. The minimum atomic E-state index is -0.678. The molecule has 2 aromatic carbocycles. The summed E-state index contributed by atoms with van der Waals surface area (Å²) in [7, 11) is 0. The second-order valence-corrected chi connectivity index (χ2v) is 6.64. The monoisotopic (exact) mass is 380 g/mol. The highest BCUT2D eigenvalue weighted by Crippen LogP contribution is 2.22. The van der Waals surface area contributed by atoms with E-state index in [0.29, 0.717) is 18.0 Å². The summed E-state index contributed by atoms with van der Waals surface area (Å²) in [6.45, 7) is 6.42. The Balaban J connectivity index is 2.13. The van der Waals surface area contributed by atoms with Gasteiger partial charge in [-0.2, -0.15) is 0 Å². The van der Waals surface area contributed by atoms with Gasteiger partial charge in [0.25, 0.3) is 0 Å². The maximum Gasteiger partial charge on any atom is 0.419 e. The van der Waals surface area contributed by atoms with Gasteiger partial charge in [-0.1, -0.05) is 38.0 Å². The standard InChI is InChI=1S/C22H24N2O4/c1-5-12-27-21(25)23-18-9-7-11-20(14-18)28-22(26)24(15-16(2)3)19-10-6-8-17(4)13-19/h1,6-11,13-14,16H,12,15H2,2-4H3,(H,23,25). The summed E-state index contributed by atoms with van der Waals surface area (Å²) in [4.78, 5) is 26.0. The highest BCUT2D eigenvalue weighted by Gasteiger charge is 2.19. The van der Waals surface area contributed by atoms with E-state index in [1.807, 2.05) is 45.0 Å². The van der Waals surface area contributed by atoms with E-state index in [1.165, 1.54) is 0 Å². The molecule has 0 bridgehead atoms. The Bertz CT molecular complexity index is 871. The average molecular weight is 380 g/mol. The van der Waals surface area contributed by atoms with Crippen LogP contribution in [0.1, 0.15) is 19.4 Å². The molecule has 2 amide bonds. The summed E-state index contributed by atoms with van der Waals surface area (Å²) in [5, 5.41) is 2.53. The van der Waals surface area contributed by atoms with Crippen LogP contribution < -0.4 is 15.0 Å². The van der Waals surface area contributed by atoms with Crippen molar-refractivity contribution in [2.24, 2.45) is 5.92 Å². The highest BCUT2D eigenvalue weighted by atomic mass is 16.6. The fourth-order valence-corrected chi connectivity index (χ4v) is 2.50. The van der Waals surface area contributed by atoms with E-state index in [1.54, 1.807) is 29.2 Å². The van der Waals surface area contributed by atoms with Crippen molar-refractivity contribution in [3.8, 4) is 18.1 Å². The van der Waals surface area contributed by atoms with E-state index >= 15 is 0 Å². The molecule has 0 radical (unpaired) electrons. The summed E-state index contributed by atoms with van der Waals surface area (Å²) in [6, 6.07) is 14.2. The predicted octanol–water partition coefficient (Wildman–Crippen LogP) is 4.84. The number of carbonyl (C=O) groups excluding carboxylic acids is 2. The highest BCUT2D eigenvalue weighted by molar-refractivity contribution is 5.90. The molecule has 0 fully saturated rings. The molecule has 1 N–H and O–H groups in total. The molecule has 0 aliphatic heterocycles. The van der Waals surface area contributed by atoms with Crippen molar-refractivity contribution in [1.82, 2.24) is 0 Å². The van der Waals surface area contributed by atoms with Crippen LogP contribution in [0.25, 0.3) is 0 Å². The van der Waals surface area contributed by atoms with E-state index in [4.69, 9.17) is 15.9 Å². The third-order valence-electron chi connectivity index (χ3n) is 3.65. The quantitative estimate of drug-likeness (QED) is 0.728. The first-order chi connectivity index (χ1) is 13.4. The van der Waals surface area contributed by atoms with Crippen molar-refractivity contribution >= 4 is 23.6 Å². The molecule has 0 heterocycles. The largest absolute Gasteiger partial charge is 0.436 e. The molecule has 2 rings (SSSR count). The van der Waals surface area contributed by atoms with Gasteiger partial charge < -0.3 is 9.47 Å². The van der Waals surface area contributed by atoms with Crippen molar-refractivity contribution in [1.29, 1.82) is 0 Å². The second kappa shape index (κ2) is 10.0. The summed E-state index contributed by atoms with van der Waals surface area (Å²) in [5.41, 5.74) is 2.25. The molecule has 6 heteroatoms. The molecule has 0 unspecified atom stereocenters. The van der Waals surface area contributed by atoms with Crippen molar-refractivity contribution < 1.29 is 19.1 Å². The second-order valence-electron chi connectivity index (χ2n) is 6.64. The van der Waals surface area contributed by atoms with Gasteiger partial charge in [0.1, 0.15) is 5.75 Å². The van der Waals surface area contributed by atoms with E-state index in [9.17, 15) is 9.59 Å². The zero-order valence-electron chi connectivity index (χ0n) is 16.3. The Morgan fingerprint density at radius 3 is 2.61 bits per heavy atom. The van der Waals surface area contributed by atoms with Crippen molar-refractivity contribution in [2.45, 2.75) is 20.8 Å². The van der Waals surface area contributed by atoms with Crippen LogP contribution in [0.15, 0.2) is 48.5 Å². The number of hydrogen-bond donors (Lipinski definition) is 1. The lowest BCUT2D eigenvalue weighted by molar-refractivity contribution is 0.176. The SMILES string of the molecule is C#CCOC(=O)Nc1cccc(OC(=O)N(CC(C)C)c2cccc(C)c2)c1. The Morgan fingerprint density at radius 1 is 1.18 bits per heavy atom. The molecule has 0 aliphatic carbocycles. The smallest absolute Gasteiger partial charge is 0.419 e. The number of rotatable bonds is 6. The van der Waals surface area contributed by atoms with Crippen LogP contribution in [-0.4, -0.2) is 25.3 Å². The third-order valence-corrected chi connectivity index (χ3v) is 3.65. The topological polar surface area (TPSA) is 67.9 Å².